The lowest BCUT2D eigenvalue weighted by molar-refractivity contribution is 0.112. The van der Waals surface area contributed by atoms with E-state index in [1.165, 1.54) is 0 Å². The predicted octanol–water partition coefficient (Wildman–Crippen LogP) is 5.97. The van der Waals surface area contributed by atoms with Gasteiger partial charge in [0.05, 0.1) is 13.2 Å². The van der Waals surface area contributed by atoms with E-state index < -0.39 is 13.4 Å². The fourth-order valence-corrected chi connectivity index (χ4v) is 4.40. The third-order valence-corrected chi connectivity index (χ3v) is 6.17. The minimum Gasteiger partial charge on any atom is -0.376 e. The number of carbonyl (C=O) groups excluding carboxylic acids is 1. The number of halogens is 2. The molecule has 26 heavy (non-hydrogen) atoms. The molecule has 1 unspecified atom stereocenters. The molecule has 0 fully saturated rings. The zero-order chi connectivity index (χ0) is 19.6. The Morgan fingerprint density at radius 3 is 2.00 bits per heavy atom. The molecule has 142 valence electrons. The third kappa shape index (κ3) is 7.43. The Hall–Kier alpha value is -0.820. The van der Waals surface area contributed by atoms with E-state index in [4.69, 9.17) is 9.05 Å². The zero-order valence-electron chi connectivity index (χ0n) is 14.5. The van der Waals surface area contributed by atoms with Gasteiger partial charge in [0.2, 0.25) is 0 Å². The van der Waals surface area contributed by atoms with Gasteiger partial charge in [0.15, 0.2) is 5.85 Å². The van der Waals surface area contributed by atoms with Crippen LogP contribution >= 0.6 is 39.5 Å². The van der Waals surface area contributed by atoms with Crippen molar-refractivity contribution in [3.8, 4) is 0 Å². The number of aliphatic hydroxyl groups excluding tert-OH is 1. The van der Waals surface area contributed by atoms with Crippen molar-refractivity contribution in [3.05, 3.63) is 68.6 Å². The molecule has 0 bridgehead atoms. The smallest absolute Gasteiger partial charge is 0.363 e. The van der Waals surface area contributed by atoms with Gasteiger partial charge >= 0.3 is 7.60 Å². The maximum Gasteiger partial charge on any atom is 0.363 e. The van der Waals surface area contributed by atoms with Crippen LogP contribution in [0.15, 0.2) is 57.5 Å². The van der Waals surface area contributed by atoms with Crippen LogP contribution < -0.4 is 0 Å². The van der Waals surface area contributed by atoms with Crippen molar-refractivity contribution in [3.63, 3.8) is 0 Å². The SMILES string of the molecule is CCOP(=O)(OCC)C(O)c1cccc(Br)c1.O=Cc1cccc(Br)c1. The molecule has 0 aliphatic carbocycles. The molecule has 0 heterocycles. The first kappa shape index (κ1) is 23.2. The molecule has 0 spiro atoms. The second kappa shape index (κ2) is 11.8. The van der Waals surface area contributed by atoms with Crippen molar-refractivity contribution < 1.29 is 23.5 Å². The lowest BCUT2D eigenvalue weighted by atomic mass is 10.2. The summed E-state index contributed by atoms with van der Waals surface area (Å²) in [6, 6.07) is 14.2. The van der Waals surface area contributed by atoms with Crippen LogP contribution in [-0.4, -0.2) is 24.6 Å². The molecule has 0 aromatic heterocycles. The molecule has 0 amide bonds. The quantitative estimate of drug-likeness (QED) is 0.369. The average Bonchev–Trinajstić information content (AvgIpc) is 2.62. The first-order valence-corrected chi connectivity index (χ1v) is 11.1. The monoisotopic (exact) mass is 506 g/mol. The summed E-state index contributed by atoms with van der Waals surface area (Å²) in [6.07, 6.45) is 0.824. The first-order chi connectivity index (χ1) is 12.4. The Morgan fingerprint density at radius 2 is 1.58 bits per heavy atom. The van der Waals surface area contributed by atoms with Crippen LogP contribution in [0.3, 0.4) is 0 Å². The van der Waals surface area contributed by atoms with Crippen molar-refractivity contribution in [1.82, 2.24) is 0 Å². The van der Waals surface area contributed by atoms with Crippen LogP contribution in [0.4, 0.5) is 0 Å². The minimum absolute atomic E-state index is 0.225. The van der Waals surface area contributed by atoms with E-state index in [1.54, 1.807) is 44.2 Å². The highest BCUT2D eigenvalue weighted by atomic mass is 79.9. The molecule has 8 heteroatoms. The second-order valence-electron chi connectivity index (χ2n) is 4.98. The predicted molar refractivity (Wildman–Crippen MR) is 109 cm³/mol. The fourth-order valence-electron chi connectivity index (χ4n) is 1.97. The van der Waals surface area contributed by atoms with Crippen molar-refractivity contribution in [2.45, 2.75) is 19.7 Å². The molecule has 1 N–H and O–H groups in total. The normalized spacial score (nSPS) is 12.0. The van der Waals surface area contributed by atoms with Crippen LogP contribution in [0.2, 0.25) is 0 Å². The van der Waals surface area contributed by atoms with E-state index in [9.17, 15) is 14.5 Å². The second-order valence-corrected chi connectivity index (χ2v) is 8.89. The van der Waals surface area contributed by atoms with E-state index in [2.05, 4.69) is 31.9 Å². The lowest BCUT2D eigenvalue weighted by Gasteiger charge is -2.22. The summed E-state index contributed by atoms with van der Waals surface area (Å²) in [5.41, 5.74) is 1.20. The van der Waals surface area contributed by atoms with E-state index in [1.807, 2.05) is 18.2 Å². The number of rotatable bonds is 7. The van der Waals surface area contributed by atoms with Crippen LogP contribution in [0.1, 0.15) is 35.6 Å². The van der Waals surface area contributed by atoms with Gasteiger partial charge in [-0.1, -0.05) is 56.1 Å². The van der Waals surface area contributed by atoms with Gasteiger partial charge in [-0.25, -0.2) is 0 Å². The largest absolute Gasteiger partial charge is 0.376 e. The Morgan fingerprint density at radius 1 is 1.04 bits per heavy atom. The molecule has 5 nitrogen and oxygen atoms in total. The first-order valence-electron chi connectivity index (χ1n) is 7.89. The van der Waals surface area contributed by atoms with E-state index in [0.29, 0.717) is 11.1 Å². The van der Waals surface area contributed by atoms with E-state index >= 15 is 0 Å². The Bertz CT molecular complexity index is 744. The van der Waals surface area contributed by atoms with Crippen molar-refractivity contribution >= 4 is 45.7 Å². The molecule has 2 aromatic rings. The van der Waals surface area contributed by atoms with Gasteiger partial charge in [0.25, 0.3) is 0 Å². The lowest BCUT2D eigenvalue weighted by Crippen LogP contribution is -2.06. The average molecular weight is 508 g/mol. The Kier molecular flexibility index (Phi) is 10.5. The summed E-state index contributed by atoms with van der Waals surface area (Å²) in [6.45, 7) is 3.86. The molecule has 2 rings (SSSR count). The molecular formula is C18H21Br2O5P. The van der Waals surface area contributed by atoms with Crippen LogP contribution in [0.5, 0.6) is 0 Å². The Labute approximate surface area is 170 Å². The standard InChI is InChI=1S/C11H16BrO4P.C7H5BrO/c1-3-15-17(14,16-4-2)11(13)9-6-5-7-10(12)8-9;8-7-3-1-2-6(4-7)5-9/h5-8,11,13H,3-4H2,1-2H3;1-5H. The highest BCUT2D eigenvalue weighted by Gasteiger charge is 2.35. The molecule has 0 aliphatic heterocycles. The molecule has 0 radical (unpaired) electrons. The summed E-state index contributed by atoms with van der Waals surface area (Å²) in [4.78, 5) is 10.1. The van der Waals surface area contributed by atoms with Gasteiger partial charge in [-0.3, -0.25) is 9.36 Å². The van der Waals surface area contributed by atoms with Gasteiger partial charge in [0.1, 0.15) is 6.29 Å². The molecular weight excluding hydrogens is 487 g/mol. The number of hydrogen-bond acceptors (Lipinski definition) is 5. The van der Waals surface area contributed by atoms with Crippen LogP contribution in [0.25, 0.3) is 0 Å². The highest BCUT2D eigenvalue weighted by molar-refractivity contribution is 9.10. The highest BCUT2D eigenvalue weighted by Crippen LogP contribution is 2.59. The molecule has 2 aromatic carbocycles. The molecule has 0 saturated carbocycles. The maximum atomic E-state index is 12.3. The summed E-state index contributed by atoms with van der Waals surface area (Å²) in [7, 11) is -3.52. The Balaban J connectivity index is 0.000000314. The summed E-state index contributed by atoms with van der Waals surface area (Å²) < 4.78 is 24.2. The minimum atomic E-state index is -3.52. The number of aliphatic hydroxyl groups is 1. The summed E-state index contributed by atoms with van der Waals surface area (Å²) >= 11 is 6.54. The molecule has 1 atom stereocenters. The maximum absolute atomic E-state index is 12.3. The van der Waals surface area contributed by atoms with Gasteiger partial charge in [-0.05, 0) is 43.7 Å². The van der Waals surface area contributed by atoms with Gasteiger partial charge in [-0.2, -0.15) is 0 Å². The molecule has 0 aliphatic rings. The number of carbonyl (C=O) groups is 1. The molecule has 0 saturated heterocycles. The number of hydrogen-bond donors (Lipinski definition) is 1. The fraction of sp³-hybridized carbons (Fsp3) is 0.278. The van der Waals surface area contributed by atoms with Crippen LogP contribution in [-0.2, 0) is 13.6 Å². The van der Waals surface area contributed by atoms with Gasteiger partial charge < -0.3 is 14.2 Å². The summed E-state index contributed by atoms with van der Waals surface area (Å²) in [5, 5.41) is 10.1. The van der Waals surface area contributed by atoms with Crippen LogP contribution in [0, 0.1) is 0 Å². The van der Waals surface area contributed by atoms with Crippen molar-refractivity contribution in [1.29, 1.82) is 0 Å². The number of benzene rings is 2. The third-order valence-electron chi connectivity index (χ3n) is 3.05. The van der Waals surface area contributed by atoms with Crippen molar-refractivity contribution in [2.24, 2.45) is 0 Å². The van der Waals surface area contributed by atoms with Gasteiger partial charge in [0, 0.05) is 14.5 Å². The summed E-state index contributed by atoms with van der Waals surface area (Å²) in [5.74, 6) is -1.26. The van der Waals surface area contributed by atoms with Gasteiger partial charge in [-0.15, -0.1) is 0 Å². The zero-order valence-corrected chi connectivity index (χ0v) is 18.5. The van der Waals surface area contributed by atoms with E-state index in [-0.39, 0.29) is 13.2 Å². The topological polar surface area (TPSA) is 72.8 Å². The van der Waals surface area contributed by atoms with E-state index in [0.717, 1.165) is 15.2 Å². The van der Waals surface area contributed by atoms with Crippen molar-refractivity contribution in [2.75, 3.05) is 13.2 Å². The number of aldehydes is 1.